The summed E-state index contributed by atoms with van der Waals surface area (Å²) >= 11 is 0. The van der Waals surface area contributed by atoms with Crippen LogP contribution >= 0.6 is 0 Å². The normalized spacial score (nSPS) is 44.7. The number of allylic oxidation sites excluding steroid dienone is 1. The monoisotopic (exact) mass is 685 g/mol. The van der Waals surface area contributed by atoms with Crippen LogP contribution in [0.5, 0.6) is 0 Å². The molecular weight excluding hydrogens is 626 g/mol. The second-order valence-corrected chi connectivity index (χ2v) is 19.8. The molecule has 7 aliphatic rings. The van der Waals surface area contributed by atoms with Gasteiger partial charge in [0.25, 0.3) is 0 Å². The minimum Gasteiger partial charge on any atom is -0.386 e. The van der Waals surface area contributed by atoms with Gasteiger partial charge in [0.05, 0.1) is 47.6 Å². The Hall–Kier alpha value is -2.03. The van der Waals surface area contributed by atoms with E-state index in [2.05, 4.69) is 99.4 Å². The van der Waals surface area contributed by atoms with Crippen molar-refractivity contribution >= 4 is 16.7 Å². The number of ether oxygens (including phenoxy) is 4. The number of carbonyl (C=O) groups excluding carboxylic acids is 1. The fourth-order valence-corrected chi connectivity index (χ4v) is 13.5. The van der Waals surface area contributed by atoms with E-state index in [0.717, 1.165) is 43.2 Å². The summed E-state index contributed by atoms with van der Waals surface area (Å²) in [6, 6.07) is 4.21. The molecular formula is C43H59NO6. The molecule has 1 aromatic heterocycles. The maximum Gasteiger partial charge on any atom is 0.169 e. The number of benzene rings is 1. The van der Waals surface area contributed by atoms with Crippen LogP contribution in [-0.4, -0.2) is 68.8 Å². The van der Waals surface area contributed by atoms with Crippen LogP contribution in [0, 0.1) is 29.1 Å². The molecule has 0 bridgehead atoms. The molecule has 1 aromatic carbocycles. The van der Waals surface area contributed by atoms with E-state index >= 15 is 0 Å². The predicted octanol–water partition coefficient (Wildman–Crippen LogP) is 7.78. The zero-order valence-electron chi connectivity index (χ0n) is 32.2. The zero-order valence-corrected chi connectivity index (χ0v) is 32.2. The molecule has 1 spiro atoms. The molecule has 2 saturated carbocycles. The fraction of sp³-hybridized carbons (Fsp3) is 0.744. The minimum absolute atomic E-state index is 0.0712. The van der Waals surface area contributed by atoms with Crippen molar-refractivity contribution in [1.82, 2.24) is 4.98 Å². The minimum atomic E-state index is -1.04. The van der Waals surface area contributed by atoms with Crippen molar-refractivity contribution < 1.29 is 28.8 Å². The third-order valence-corrected chi connectivity index (χ3v) is 16.0. The Morgan fingerprint density at radius 3 is 2.50 bits per heavy atom. The third-order valence-electron chi connectivity index (χ3n) is 16.0. The van der Waals surface area contributed by atoms with Crippen LogP contribution in [0.2, 0.25) is 0 Å². The Bertz CT molecular complexity index is 1850. The van der Waals surface area contributed by atoms with Gasteiger partial charge in [0.1, 0.15) is 5.60 Å². The van der Waals surface area contributed by atoms with E-state index in [1.165, 1.54) is 27.8 Å². The molecule has 4 heterocycles. The number of aromatic amines is 1. The Morgan fingerprint density at radius 1 is 1.04 bits per heavy atom. The van der Waals surface area contributed by atoms with E-state index in [0.29, 0.717) is 18.9 Å². The molecule has 5 fully saturated rings. The first-order chi connectivity index (χ1) is 23.3. The molecule has 2 aromatic rings. The molecule has 3 aliphatic heterocycles. The second-order valence-electron chi connectivity index (χ2n) is 19.8. The van der Waals surface area contributed by atoms with Crippen molar-refractivity contribution in [2.75, 3.05) is 6.61 Å². The summed E-state index contributed by atoms with van der Waals surface area (Å²) in [5.41, 5.74) is 3.25. The van der Waals surface area contributed by atoms with Gasteiger partial charge in [-0.15, -0.1) is 0 Å². The van der Waals surface area contributed by atoms with Crippen LogP contribution in [0.3, 0.4) is 0 Å². The van der Waals surface area contributed by atoms with Gasteiger partial charge in [-0.05, 0) is 123 Å². The van der Waals surface area contributed by atoms with Crippen molar-refractivity contribution in [2.24, 2.45) is 29.1 Å². The highest BCUT2D eigenvalue weighted by molar-refractivity contribution is 6.06. The van der Waals surface area contributed by atoms with Gasteiger partial charge in [0.2, 0.25) is 0 Å². The number of ketones is 1. The standard InChI is InChI=1S/C43H59NO6/c1-22(2)16-19-47-39(8,9)35-23(3)36-43(49-36)30(48-35)15-17-40(10)41(11)24(14-18-42(40,43)46)20-27-31-26-21-28-32(38(6,7)50-37(28,4)5)33(45)25(26)12-13-29(31)44-34(27)41/h12-13,16,23-24,28,30,32,35-36,44,46H,14-15,17-21H2,1-11H3/t23-,24+,28?,30?,32?,35+,36-,40-,41-,42+,43+/m1/s1. The summed E-state index contributed by atoms with van der Waals surface area (Å²) < 4.78 is 26.9. The average Bonchev–Trinajstić information content (AvgIpc) is 3.52. The van der Waals surface area contributed by atoms with Gasteiger partial charge in [-0.25, -0.2) is 0 Å². The van der Waals surface area contributed by atoms with Crippen molar-refractivity contribution in [3.05, 3.63) is 46.2 Å². The Labute approximate surface area is 298 Å². The lowest BCUT2D eigenvalue weighted by Gasteiger charge is -2.66. The number of epoxide rings is 1. The van der Waals surface area contributed by atoms with Gasteiger partial charge >= 0.3 is 0 Å². The molecule has 2 N–H and O–H groups in total. The van der Waals surface area contributed by atoms with Crippen molar-refractivity contribution in [3.8, 4) is 0 Å². The summed E-state index contributed by atoms with van der Waals surface area (Å²) in [4.78, 5) is 18.2. The number of aliphatic hydroxyl groups is 1. The third kappa shape index (κ3) is 3.82. The largest absolute Gasteiger partial charge is 0.386 e. The van der Waals surface area contributed by atoms with E-state index in [-0.39, 0.29) is 52.9 Å². The SMILES string of the molecule is CC(C)=CCOC(C)(C)[C@H]1OC2CC[C@@]3(C)[C@@](O)(CC[C@H]4Cc5c([nH]c6ccc7c(c56)CC5C(C7=O)C(C)(C)OC5(C)C)[C@@]43C)[C@]23O[C@@H]3[C@@H]1C. The first-order valence-electron chi connectivity index (χ1n) is 19.5. The van der Waals surface area contributed by atoms with Gasteiger partial charge in [0, 0.05) is 44.8 Å². The maximum atomic E-state index is 14.3. The van der Waals surface area contributed by atoms with Crippen LogP contribution in [0.1, 0.15) is 129 Å². The smallest absolute Gasteiger partial charge is 0.169 e. The number of Topliss-reactive ketones (excluding diaryl/α,β-unsaturated/α-hetero) is 1. The van der Waals surface area contributed by atoms with Gasteiger partial charge in [-0.1, -0.05) is 32.4 Å². The molecule has 3 unspecified atom stereocenters. The number of hydrogen-bond donors (Lipinski definition) is 2. The highest BCUT2D eigenvalue weighted by Crippen LogP contribution is 2.75. The quantitative estimate of drug-likeness (QED) is 0.252. The summed E-state index contributed by atoms with van der Waals surface area (Å²) in [7, 11) is 0. The lowest BCUT2D eigenvalue weighted by atomic mass is 9.40. The Morgan fingerprint density at radius 2 is 1.78 bits per heavy atom. The zero-order chi connectivity index (χ0) is 35.8. The molecule has 7 heteroatoms. The van der Waals surface area contributed by atoms with Crippen LogP contribution < -0.4 is 0 Å². The van der Waals surface area contributed by atoms with Crippen molar-refractivity contribution in [1.29, 1.82) is 0 Å². The summed E-state index contributed by atoms with van der Waals surface area (Å²) in [5.74, 6) is 0.705. The number of H-pyrrole nitrogens is 1. The highest BCUT2D eigenvalue weighted by atomic mass is 16.7. The van der Waals surface area contributed by atoms with Gasteiger partial charge in [-0.3, -0.25) is 4.79 Å². The second kappa shape index (κ2) is 9.93. The predicted molar refractivity (Wildman–Crippen MR) is 194 cm³/mol. The van der Waals surface area contributed by atoms with Gasteiger partial charge in [-0.2, -0.15) is 0 Å². The van der Waals surface area contributed by atoms with Crippen molar-refractivity contribution in [3.63, 3.8) is 0 Å². The molecule has 0 radical (unpaired) electrons. The van der Waals surface area contributed by atoms with Crippen LogP contribution in [-0.2, 0) is 37.2 Å². The van der Waals surface area contributed by atoms with Crippen LogP contribution in [0.25, 0.3) is 10.9 Å². The lowest BCUT2D eigenvalue weighted by Crippen LogP contribution is -2.76. The Kier molecular flexibility index (Phi) is 6.71. The molecule has 7 nitrogen and oxygen atoms in total. The van der Waals surface area contributed by atoms with Gasteiger partial charge in [0.15, 0.2) is 11.4 Å². The molecule has 9 rings (SSSR count). The van der Waals surface area contributed by atoms with Crippen molar-refractivity contribution in [2.45, 2.75) is 166 Å². The van der Waals surface area contributed by atoms with E-state index in [1.54, 1.807) is 0 Å². The van der Waals surface area contributed by atoms with E-state index < -0.39 is 27.8 Å². The first-order valence-corrected chi connectivity index (χ1v) is 19.5. The highest BCUT2D eigenvalue weighted by Gasteiger charge is 2.86. The average molecular weight is 686 g/mol. The molecule has 50 heavy (non-hydrogen) atoms. The fourth-order valence-electron chi connectivity index (χ4n) is 13.5. The Balaban J connectivity index is 1.09. The molecule has 3 saturated heterocycles. The van der Waals surface area contributed by atoms with E-state index in [1.807, 2.05) is 0 Å². The number of carbonyl (C=O) groups is 1. The molecule has 4 aliphatic carbocycles. The molecule has 272 valence electrons. The first kappa shape index (κ1) is 33.8. The maximum absolute atomic E-state index is 14.3. The van der Waals surface area contributed by atoms with Crippen LogP contribution in [0.4, 0.5) is 0 Å². The topological polar surface area (TPSA) is 93.3 Å². The number of rotatable bonds is 4. The van der Waals surface area contributed by atoms with Gasteiger partial charge < -0.3 is 29.0 Å². The number of fused-ring (bicyclic) bond motifs is 10. The van der Waals surface area contributed by atoms with E-state index in [4.69, 9.17) is 18.9 Å². The van der Waals surface area contributed by atoms with Crippen LogP contribution in [0.15, 0.2) is 23.8 Å². The molecule has 11 atom stereocenters. The molecule has 0 amide bonds. The number of nitrogens with one attached hydrogen (secondary N) is 1. The number of aromatic nitrogens is 1. The van der Waals surface area contributed by atoms with E-state index in [9.17, 15) is 9.90 Å². The lowest BCUT2D eigenvalue weighted by molar-refractivity contribution is -0.278. The number of hydrogen-bond acceptors (Lipinski definition) is 6. The summed E-state index contributed by atoms with van der Waals surface area (Å²) in [6.07, 6.45) is 6.91. The summed E-state index contributed by atoms with van der Waals surface area (Å²) in [5, 5.41) is 14.6. The summed E-state index contributed by atoms with van der Waals surface area (Å²) in [6.45, 7) is 24.5.